The molecular formula is C19H23ClN2O. The molecule has 1 fully saturated rings. The predicted octanol–water partition coefficient (Wildman–Crippen LogP) is 4.02. The number of halogens is 1. The average molecular weight is 331 g/mol. The number of anilines is 1. The summed E-state index contributed by atoms with van der Waals surface area (Å²) >= 11 is 0. The molecule has 1 amide bonds. The van der Waals surface area contributed by atoms with Gasteiger partial charge in [-0.3, -0.25) is 4.79 Å². The maximum Gasteiger partial charge on any atom is 0.256 e. The molecule has 2 aromatic carbocycles. The molecule has 0 aliphatic carbocycles. The molecule has 1 aliphatic heterocycles. The van der Waals surface area contributed by atoms with E-state index in [1.165, 1.54) is 11.1 Å². The van der Waals surface area contributed by atoms with Gasteiger partial charge in [-0.2, -0.15) is 0 Å². The third-order valence-corrected chi connectivity index (χ3v) is 4.66. The predicted molar refractivity (Wildman–Crippen MR) is 97.1 cm³/mol. The molecule has 23 heavy (non-hydrogen) atoms. The number of rotatable bonds is 2. The van der Waals surface area contributed by atoms with E-state index in [4.69, 9.17) is 5.73 Å². The van der Waals surface area contributed by atoms with Gasteiger partial charge in [-0.05, 0) is 43.5 Å². The van der Waals surface area contributed by atoms with Gasteiger partial charge in [0.2, 0.25) is 0 Å². The number of hydrogen-bond acceptors (Lipinski definition) is 2. The van der Waals surface area contributed by atoms with Gasteiger partial charge < -0.3 is 10.6 Å². The van der Waals surface area contributed by atoms with Crippen molar-refractivity contribution in [3.63, 3.8) is 0 Å². The first-order valence-corrected chi connectivity index (χ1v) is 7.79. The highest BCUT2D eigenvalue weighted by molar-refractivity contribution is 5.99. The molecule has 3 rings (SSSR count). The van der Waals surface area contributed by atoms with Crippen LogP contribution in [0.5, 0.6) is 0 Å². The number of hydrogen-bond donors (Lipinski definition) is 1. The van der Waals surface area contributed by atoms with E-state index < -0.39 is 0 Å². The minimum atomic E-state index is 0. The first-order valence-electron chi connectivity index (χ1n) is 7.79. The van der Waals surface area contributed by atoms with E-state index in [0.29, 0.717) is 17.2 Å². The van der Waals surface area contributed by atoms with Crippen molar-refractivity contribution in [2.45, 2.75) is 32.2 Å². The van der Waals surface area contributed by atoms with Crippen molar-refractivity contribution in [3.8, 4) is 0 Å². The summed E-state index contributed by atoms with van der Waals surface area (Å²) in [6.07, 6.45) is 1.00. The van der Waals surface area contributed by atoms with Crippen LogP contribution in [-0.2, 0) is 0 Å². The summed E-state index contributed by atoms with van der Waals surface area (Å²) in [5.41, 5.74) is 9.77. The fourth-order valence-electron chi connectivity index (χ4n) is 3.43. The van der Waals surface area contributed by atoms with Gasteiger partial charge >= 0.3 is 0 Å². The molecule has 2 N–H and O–H groups in total. The average Bonchev–Trinajstić information content (AvgIpc) is 2.89. The standard InChI is InChI=1S/C19H22N2O.ClH/c1-13-7-3-4-8-16(13)15-11-14(2)21(12-15)19(22)17-9-5-6-10-18(17)20;/h3-10,14-15H,11-12,20H2,1-2H3;1H. The van der Waals surface area contributed by atoms with Crippen molar-refractivity contribution in [2.75, 3.05) is 12.3 Å². The first kappa shape index (κ1) is 17.4. The third kappa shape index (κ3) is 3.35. The zero-order valence-corrected chi connectivity index (χ0v) is 14.3. The third-order valence-electron chi connectivity index (χ3n) is 4.66. The first-order chi connectivity index (χ1) is 10.6. The smallest absolute Gasteiger partial charge is 0.256 e. The number of nitrogens with two attached hydrogens (primary N) is 1. The van der Waals surface area contributed by atoms with Crippen LogP contribution in [-0.4, -0.2) is 23.4 Å². The van der Waals surface area contributed by atoms with E-state index in [1.807, 2.05) is 23.1 Å². The van der Waals surface area contributed by atoms with Crippen LogP contribution in [0.2, 0.25) is 0 Å². The number of nitrogens with zero attached hydrogens (tertiary/aromatic N) is 1. The lowest BCUT2D eigenvalue weighted by atomic mass is 9.93. The fourth-order valence-corrected chi connectivity index (χ4v) is 3.43. The Labute approximate surface area is 143 Å². The number of likely N-dealkylation sites (tertiary alicyclic amines) is 1. The summed E-state index contributed by atoms with van der Waals surface area (Å²) in [6, 6.07) is 16.0. The molecule has 2 atom stereocenters. The Bertz CT molecular complexity index is 701. The Morgan fingerprint density at radius 3 is 2.48 bits per heavy atom. The monoisotopic (exact) mass is 330 g/mol. The normalized spacial score (nSPS) is 20.2. The van der Waals surface area contributed by atoms with E-state index in [9.17, 15) is 4.79 Å². The molecule has 0 spiro atoms. The van der Waals surface area contributed by atoms with Crippen LogP contribution < -0.4 is 5.73 Å². The molecular weight excluding hydrogens is 308 g/mol. The molecule has 4 heteroatoms. The summed E-state index contributed by atoms with van der Waals surface area (Å²) in [5.74, 6) is 0.451. The lowest BCUT2D eigenvalue weighted by Gasteiger charge is -2.22. The number of aryl methyl sites for hydroxylation is 1. The van der Waals surface area contributed by atoms with Crippen molar-refractivity contribution in [1.29, 1.82) is 0 Å². The van der Waals surface area contributed by atoms with Crippen LogP contribution in [0.4, 0.5) is 5.69 Å². The highest BCUT2D eigenvalue weighted by Gasteiger charge is 2.34. The van der Waals surface area contributed by atoms with Crippen molar-refractivity contribution in [3.05, 3.63) is 65.2 Å². The molecule has 122 valence electrons. The van der Waals surface area contributed by atoms with E-state index in [1.54, 1.807) is 6.07 Å². The Kier molecular flexibility index (Phi) is 5.32. The fraction of sp³-hybridized carbons (Fsp3) is 0.316. The quantitative estimate of drug-likeness (QED) is 0.845. The zero-order chi connectivity index (χ0) is 15.7. The van der Waals surface area contributed by atoms with Crippen LogP contribution in [0, 0.1) is 6.92 Å². The number of benzene rings is 2. The SMILES string of the molecule is Cc1ccccc1C1CC(C)N(C(=O)c2ccccc2N)C1.Cl. The van der Waals surface area contributed by atoms with Crippen molar-refractivity contribution >= 4 is 24.0 Å². The highest BCUT2D eigenvalue weighted by Crippen LogP contribution is 2.34. The Morgan fingerprint density at radius 1 is 1.13 bits per heavy atom. The van der Waals surface area contributed by atoms with Crippen LogP contribution >= 0.6 is 12.4 Å². The van der Waals surface area contributed by atoms with Gasteiger partial charge in [0.05, 0.1) is 5.56 Å². The van der Waals surface area contributed by atoms with E-state index >= 15 is 0 Å². The van der Waals surface area contributed by atoms with Gasteiger partial charge in [0.25, 0.3) is 5.91 Å². The molecule has 0 aromatic heterocycles. The maximum atomic E-state index is 12.8. The largest absolute Gasteiger partial charge is 0.398 e. The molecule has 2 unspecified atom stereocenters. The molecule has 0 saturated carbocycles. The van der Waals surface area contributed by atoms with Gasteiger partial charge in [-0.25, -0.2) is 0 Å². The number of nitrogen functional groups attached to an aromatic ring is 1. The minimum absolute atomic E-state index is 0. The van der Waals surface area contributed by atoms with E-state index in [2.05, 4.69) is 38.1 Å². The van der Waals surface area contributed by atoms with Gasteiger partial charge in [0.1, 0.15) is 0 Å². The van der Waals surface area contributed by atoms with Crippen LogP contribution in [0.15, 0.2) is 48.5 Å². The van der Waals surface area contributed by atoms with Crippen LogP contribution in [0.1, 0.15) is 40.7 Å². The van der Waals surface area contributed by atoms with Crippen molar-refractivity contribution < 1.29 is 4.79 Å². The molecule has 1 heterocycles. The Balaban J connectivity index is 0.00000192. The van der Waals surface area contributed by atoms with Gasteiger partial charge in [-0.1, -0.05) is 36.4 Å². The maximum absolute atomic E-state index is 12.8. The summed E-state index contributed by atoms with van der Waals surface area (Å²) in [6.45, 7) is 5.02. The Morgan fingerprint density at radius 2 is 1.78 bits per heavy atom. The zero-order valence-electron chi connectivity index (χ0n) is 13.5. The van der Waals surface area contributed by atoms with Gasteiger partial charge in [0, 0.05) is 24.2 Å². The second kappa shape index (κ2) is 7.05. The van der Waals surface area contributed by atoms with E-state index in [0.717, 1.165) is 13.0 Å². The number of carbonyl (C=O) groups excluding carboxylic acids is 1. The van der Waals surface area contributed by atoms with E-state index in [-0.39, 0.29) is 24.4 Å². The number of carbonyl (C=O) groups is 1. The van der Waals surface area contributed by atoms with Crippen LogP contribution in [0.25, 0.3) is 0 Å². The lowest BCUT2D eigenvalue weighted by Crippen LogP contribution is -2.34. The van der Waals surface area contributed by atoms with Gasteiger partial charge in [-0.15, -0.1) is 12.4 Å². The van der Waals surface area contributed by atoms with Crippen LogP contribution in [0.3, 0.4) is 0 Å². The molecule has 1 saturated heterocycles. The topological polar surface area (TPSA) is 46.3 Å². The summed E-state index contributed by atoms with van der Waals surface area (Å²) in [4.78, 5) is 14.7. The molecule has 2 aromatic rings. The Hall–Kier alpha value is -2.00. The molecule has 0 bridgehead atoms. The highest BCUT2D eigenvalue weighted by atomic mass is 35.5. The minimum Gasteiger partial charge on any atom is -0.398 e. The van der Waals surface area contributed by atoms with Crippen molar-refractivity contribution in [2.24, 2.45) is 0 Å². The van der Waals surface area contributed by atoms with Crippen molar-refractivity contribution in [1.82, 2.24) is 4.90 Å². The number of para-hydroxylation sites is 1. The molecule has 3 nitrogen and oxygen atoms in total. The number of amides is 1. The second-order valence-electron chi connectivity index (χ2n) is 6.18. The molecule has 0 radical (unpaired) electrons. The summed E-state index contributed by atoms with van der Waals surface area (Å²) in [7, 11) is 0. The lowest BCUT2D eigenvalue weighted by molar-refractivity contribution is 0.0747. The van der Waals surface area contributed by atoms with Gasteiger partial charge in [0.15, 0.2) is 0 Å². The summed E-state index contributed by atoms with van der Waals surface area (Å²) in [5, 5.41) is 0. The second-order valence-corrected chi connectivity index (χ2v) is 6.18. The molecule has 1 aliphatic rings. The summed E-state index contributed by atoms with van der Waals surface area (Å²) < 4.78 is 0.